The van der Waals surface area contributed by atoms with Gasteiger partial charge in [-0.25, -0.2) is 4.79 Å². The molecule has 3 rings (SSSR count). The molecule has 7 heteroatoms. The molecule has 1 saturated heterocycles. The molecule has 3 amide bonds. The second-order valence-electron chi connectivity index (χ2n) is 7.10. The number of likely N-dealkylation sites (tertiary alicyclic amines) is 1. The van der Waals surface area contributed by atoms with Gasteiger partial charge in [0.1, 0.15) is 5.75 Å². The molecule has 0 aliphatic carbocycles. The normalized spacial score (nSPS) is 15.8. The second kappa shape index (κ2) is 9.93. The van der Waals surface area contributed by atoms with E-state index in [1.165, 1.54) is 0 Å². The van der Waals surface area contributed by atoms with Crippen LogP contribution in [0, 0.1) is 0 Å². The van der Waals surface area contributed by atoms with Crippen molar-refractivity contribution in [1.29, 1.82) is 0 Å². The van der Waals surface area contributed by atoms with Crippen LogP contribution in [0.3, 0.4) is 0 Å². The Bertz CT molecular complexity index is 821. The van der Waals surface area contributed by atoms with Crippen LogP contribution >= 0.6 is 0 Å². The summed E-state index contributed by atoms with van der Waals surface area (Å²) in [6.45, 7) is 1.13. The number of rotatable bonds is 7. The van der Waals surface area contributed by atoms with E-state index in [9.17, 15) is 14.7 Å². The minimum Gasteiger partial charge on any atom is -0.497 e. The Kier molecular flexibility index (Phi) is 7.08. The number of anilines is 1. The van der Waals surface area contributed by atoms with Gasteiger partial charge < -0.3 is 25.4 Å². The Morgan fingerprint density at radius 2 is 1.79 bits per heavy atom. The van der Waals surface area contributed by atoms with Crippen LogP contribution < -0.4 is 15.4 Å². The van der Waals surface area contributed by atoms with E-state index in [1.807, 2.05) is 36.4 Å². The monoisotopic (exact) mass is 397 g/mol. The summed E-state index contributed by atoms with van der Waals surface area (Å²) in [5, 5.41) is 15.0. The fourth-order valence-corrected chi connectivity index (χ4v) is 3.44. The highest BCUT2D eigenvalue weighted by molar-refractivity contribution is 5.89. The summed E-state index contributed by atoms with van der Waals surface area (Å²) in [6, 6.07) is 14.4. The van der Waals surface area contributed by atoms with Gasteiger partial charge in [0.25, 0.3) is 0 Å². The average Bonchev–Trinajstić information content (AvgIpc) is 3.23. The standard InChI is InChI=1S/C22H27N3O4/c1-29-20-10-6-17(7-11-20)14-23-22(28)24-18-8-4-16(5-9-18)13-21(27)25-12-2-3-19(25)15-26/h4-11,19,26H,2-3,12-15H2,1H3,(H2,23,24,28)/t19-/m1/s1. The molecule has 0 radical (unpaired) electrons. The number of methoxy groups -OCH3 is 1. The number of benzene rings is 2. The number of hydrogen-bond acceptors (Lipinski definition) is 4. The highest BCUT2D eigenvalue weighted by Crippen LogP contribution is 2.19. The fraction of sp³-hybridized carbons (Fsp3) is 0.364. The fourth-order valence-electron chi connectivity index (χ4n) is 3.44. The van der Waals surface area contributed by atoms with E-state index >= 15 is 0 Å². The smallest absolute Gasteiger partial charge is 0.319 e. The Hall–Kier alpha value is -3.06. The van der Waals surface area contributed by atoms with Crippen molar-refractivity contribution in [2.24, 2.45) is 0 Å². The molecule has 2 aromatic carbocycles. The maximum Gasteiger partial charge on any atom is 0.319 e. The molecule has 1 fully saturated rings. The zero-order valence-electron chi connectivity index (χ0n) is 16.6. The van der Waals surface area contributed by atoms with E-state index in [1.54, 1.807) is 24.1 Å². The summed E-state index contributed by atoms with van der Waals surface area (Å²) in [7, 11) is 1.61. The van der Waals surface area contributed by atoms with E-state index in [0.29, 0.717) is 25.2 Å². The van der Waals surface area contributed by atoms with Gasteiger partial charge in [0.15, 0.2) is 0 Å². The Balaban J connectivity index is 1.46. The first kappa shape index (κ1) is 20.7. The first-order chi connectivity index (χ1) is 14.1. The van der Waals surface area contributed by atoms with Gasteiger partial charge in [-0.15, -0.1) is 0 Å². The van der Waals surface area contributed by atoms with Gasteiger partial charge in [0, 0.05) is 18.8 Å². The molecule has 3 N–H and O–H groups in total. The number of carbonyl (C=O) groups excluding carboxylic acids is 2. The molecule has 2 aromatic rings. The van der Waals surface area contributed by atoms with Crippen LogP contribution in [0.25, 0.3) is 0 Å². The highest BCUT2D eigenvalue weighted by Gasteiger charge is 2.27. The van der Waals surface area contributed by atoms with Crippen LogP contribution in [-0.2, 0) is 17.8 Å². The highest BCUT2D eigenvalue weighted by atomic mass is 16.5. The van der Waals surface area contributed by atoms with Crippen molar-refractivity contribution < 1.29 is 19.4 Å². The first-order valence-corrected chi connectivity index (χ1v) is 9.76. The van der Waals surface area contributed by atoms with E-state index < -0.39 is 0 Å². The third-order valence-corrected chi connectivity index (χ3v) is 5.09. The maximum absolute atomic E-state index is 12.4. The summed E-state index contributed by atoms with van der Waals surface area (Å²) in [4.78, 5) is 26.3. The zero-order chi connectivity index (χ0) is 20.6. The Morgan fingerprint density at radius 3 is 2.45 bits per heavy atom. The van der Waals surface area contributed by atoms with Crippen molar-refractivity contribution in [3.05, 3.63) is 59.7 Å². The van der Waals surface area contributed by atoms with Gasteiger partial charge in [0.05, 0.1) is 26.2 Å². The van der Waals surface area contributed by atoms with Crippen molar-refractivity contribution in [3.8, 4) is 5.75 Å². The van der Waals surface area contributed by atoms with Crippen molar-refractivity contribution in [2.45, 2.75) is 31.8 Å². The van der Waals surface area contributed by atoms with E-state index in [-0.39, 0.29) is 24.6 Å². The molecule has 154 valence electrons. The zero-order valence-corrected chi connectivity index (χ0v) is 16.6. The predicted molar refractivity (Wildman–Crippen MR) is 111 cm³/mol. The van der Waals surface area contributed by atoms with Gasteiger partial charge >= 0.3 is 6.03 Å². The number of urea groups is 1. The van der Waals surface area contributed by atoms with E-state index in [2.05, 4.69) is 10.6 Å². The summed E-state index contributed by atoms with van der Waals surface area (Å²) < 4.78 is 5.11. The number of ether oxygens (including phenoxy) is 1. The van der Waals surface area contributed by atoms with Crippen molar-refractivity contribution >= 4 is 17.6 Å². The lowest BCUT2D eigenvalue weighted by Gasteiger charge is -2.23. The first-order valence-electron chi connectivity index (χ1n) is 9.76. The van der Waals surface area contributed by atoms with Crippen molar-refractivity contribution in [3.63, 3.8) is 0 Å². The maximum atomic E-state index is 12.4. The summed E-state index contributed by atoms with van der Waals surface area (Å²) in [5.41, 5.74) is 2.50. The number of hydrogen-bond donors (Lipinski definition) is 3. The minimum absolute atomic E-state index is 0.0141. The molecule has 0 aromatic heterocycles. The minimum atomic E-state index is -0.299. The lowest BCUT2D eigenvalue weighted by atomic mass is 10.1. The average molecular weight is 397 g/mol. The van der Waals surface area contributed by atoms with Crippen LogP contribution in [-0.4, -0.2) is 48.2 Å². The van der Waals surface area contributed by atoms with Crippen molar-refractivity contribution in [2.75, 3.05) is 25.6 Å². The van der Waals surface area contributed by atoms with Crippen LogP contribution in [0.2, 0.25) is 0 Å². The number of nitrogens with one attached hydrogen (secondary N) is 2. The van der Waals surface area contributed by atoms with Crippen LogP contribution in [0.4, 0.5) is 10.5 Å². The Labute approximate surface area is 170 Å². The van der Waals surface area contributed by atoms with Gasteiger partial charge in [-0.2, -0.15) is 0 Å². The van der Waals surface area contributed by atoms with Gasteiger partial charge in [0.2, 0.25) is 5.91 Å². The number of amides is 3. The molecule has 0 unspecified atom stereocenters. The molecular formula is C22H27N3O4. The number of aliphatic hydroxyl groups excluding tert-OH is 1. The van der Waals surface area contributed by atoms with Gasteiger partial charge in [-0.3, -0.25) is 4.79 Å². The lowest BCUT2D eigenvalue weighted by molar-refractivity contribution is -0.131. The molecule has 1 aliphatic heterocycles. The number of aliphatic hydroxyl groups is 1. The molecule has 0 bridgehead atoms. The van der Waals surface area contributed by atoms with Crippen LogP contribution in [0.15, 0.2) is 48.5 Å². The largest absolute Gasteiger partial charge is 0.497 e. The topological polar surface area (TPSA) is 90.9 Å². The predicted octanol–water partition coefficient (Wildman–Crippen LogP) is 2.54. The van der Waals surface area contributed by atoms with Crippen LogP contribution in [0.5, 0.6) is 5.75 Å². The second-order valence-corrected chi connectivity index (χ2v) is 7.10. The third-order valence-electron chi connectivity index (χ3n) is 5.09. The van der Waals surface area contributed by atoms with Crippen molar-refractivity contribution in [1.82, 2.24) is 10.2 Å². The molecular weight excluding hydrogens is 370 g/mol. The van der Waals surface area contributed by atoms with E-state index in [0.717, 1.165) is 29.7 Å². The number of carbonyl (C=O) groups is 2. The Morgan fingerprint density at radius 1 is 1.10 bits per heavy atom. The molecule has 1 heterocycles. The summed E-state index contributed by atoms with van der Waals surface area (Å²) in [6.07, 6.45) is 2.09. The molecule has 1 aliphatic rings. The quantitative estimate of drug-likeness (QED) is 0.670. The van der Waals surface area contributed by atoms with Gasteiger partial charge in [-0.05, 0) is 48.2 Å². The lowest BCUT2D eigenvalue weighted by Crippen LogP contribution is -2.38. The molecule has 29 heavy (non-hydrogen) atoms. The van der Waals surface area contributed by atoms with Crippen LogP contribution in [0.1, 0.15) is 24.0 Å². The summed E-state index contributed by atoms with van der Waals surface area (Å²) >= 11 is 0. The molecule has 1 atom stereocenters. The summed E-state index contributed by atoms with van der Waals surface area (Å²) in [5.74, 6) is 0.799. The molecule has 7 nitrogen and oxygen atoms in total. The molecule has 0 saturated carbocycles. The van der Waals surface area contributed by atoms with E-state index in [4.69, 9.17) is 4.74 Å². The van der Waals surface area contributed by atoms with Gasteiger partial charge in [-0.1, -0.05) is 24.3 Å². The number of nitrogens with zero attached hydrogens (tertiary/aromatic N) is 1. The molecule has 0 spiro atoms. The third kappa shape index (κ3) is 5.71. The SMILES string of the molecule is COc1ccc(CNC(=O)Nc2ccc(CC(=O)N3CCC[C@@H]3CO)cc2)cc1.